The number of amides is 1. The Balaban J connectivity index is 2.30. The van der Waals surface area contributed by atoms with E-state index in [1.165, 1.54) is 0 Å². The highest BCUT2D eigenvalue weighted by Crippen LogP contribution is 2.03. The van der Waals surface area contributed by atoms with Gasteiger partial charge in [0.05, 0.1) is 6.07 Å². The molecular weight excluding hydrogens is 204 g/mol. The molecule has 1 atom stereocenters. The van der Waals surface area contributed by atoms with Gasteiger partial charge in [-0.3, -0.25) is 9.69 Å². The van der Waals surface area contributed by atoms with Crippen LogP contribution in [0.15, 0.2) is 0 Å². The molecule has 1 rings (SSSR count). The Bertz CT molecular complexity index is 272. The van der Waals surface area contributed by atoms with E-state index in [1.54, 1.807) is 0 Å². The van der Waals surface area contributed by atoms with E-state index >= 15 is 0 Å². The molecule has 1 saturated heterocycles. The van der Waals surface area contributed by atoms with Gasteiger partial charge in [-0.25, -0.2) is 0 Å². The second-order valence-corrected chi connectivity index (χ2v) is 4.36. The molecule has 5 nitrogen and oxygen atoms in total. The monoisotopic (exact) mass is 224 g/mol. The van der Waals surface area contributed by atoms with Gasteiger partial charge in [-0.2, -0.15) is 5.26 Å². The lowest BCUT2D eigenvalue weighted by Gasteiger charge is -2.31. The van der Waals surface area contributed by atoms with Crippen LogP contribution in [-0.4, -0.2) is 49.1 Å². The number of carbonyl (C=O) groups excluding carboxylic acids is 1. The second-order valence-electron chi connectivity index (χ2n) is 4.36. The van der Waals surface area contributed by atoms with E-state index < -0.39 is 0 Å². The van der Waals surface area contributed by atoms with Crippen LogP contribution in [0.1, 0.15) is 20.3 Å². The van der Waals surface area contributed by atoms with Crippen LogP contribution in [0.3, 0.4) is 0 Å². The van der Waals surface area contributed by atoms with Crippen LogP contribution in [-0.2, 0) is 4.79 Å². The van der Waals surface area contributed by atoms with E-state index in [-0.39, 0.29) is 18.0 Å². The van der Waals surface area contributed by atoms with E-state index in [1.807, 2.05) is 13.8 Å². The molecule has 0 spiro atoms. The summed E-state index contributed by atoms with van der Waals surface area (Å²) in [6, 6.07) is 2.34. The molecule has 0 aromatic heterocycles. The SMILES string of the molecule is CC(C)NC(=O)CCN1CCNCC1C#N. The van der Waals surface area contributed by atoms with Gasteiger partial charge < -0.3 is 10.6 Å². The van der Waals surface area contributed by atoms with Crippen molar-refractivity contribution in [3.05, 3.63) is 0 Å². The lowest BCUT2D eigenvalue weighted by Crippen LogP contribution is -2.51. The Morgan fingerprint density at radius 1 is 1.69 bits per heavy atom. The van der Waals surface area contributed by atoms with Gasteiger partial charge in [0.25, 0.3) is 0 Å². The molecule has 1 amide bonds. The number of piperazine rings is 1. The fourth-order valence-electron chi connectivity index (χ4n) is 1.78. The number of hydrogen-bond acceptors (Lipinski definition) is 4. The summed E-state index contributed by atoms with van der Waals surface area (Å²) in [5.41, 5.74) is 0. The van der Waals surface area contributed by atoms with Crippen molar-refractivity contribution in [2.24, 2.45) is 0 Å². The van der Waals surface area contributed by atoms with Crippen molar-refractivity contribution in [3.8, 4) is 6.07 Å². The highest BCUT2D eigenvalue weighted by molar-refractivity contribution is 5.76. The zero-order chi connectivity index (χ0) is 12.0. The van der Waals surface area contributed by atoms with Crippen molar-refractivity contribution in [3.63, 3.8) is 0 Å². The Morgan fingerprint density at radius 2 is 2.44 bits per heavy atom. The van der Waals surface area contributed by atoms with E-state index in [9.17, 15) is 4.79 Å². The summed E-state index contributed by atoms with van der Waals surface area (Å²) in [6.45, 7) is 6.99. The Labute approximate surface area is 96.8 Å². The van der Waals surface area contributed by atoms with Gasteiger partial charge in [-0.05, 0) is 13.8 Å². The van der Waals surface area contributed by atoms with Crippen LogP contribution in [0.2, 0.25) is 0 Å². The van der Waals surface area contributed by atoms with Gasteiger partial charge in [0.15, 0.2) is 0 Å². The molecular formula is C11H20N4O. The Hall–Kier alpha value is -1.12. The van der Waals surface area contributed by atoms with Crippen molar-refractivity contribution >= 4 is 5.91 Å². The molecule has 16 heavy (non-hydrogen) atoms. The molecule has 0 aromatic carbocycles. The van der Waals surface area contributed by atoms with Gasteiger partial charge >= 0.3 is 0 Å². The maximum absolute atomic E-state index is 11.5. The summed E-state index contributed by atoms with van der Waals surface area (Å²) in [6.07, 6.45) is 0.469. The van der Waals surface area contributed by atoms with Crippen LogP contribution in [0.4, 0.5) is 0 Å². The topological polar surface area (TPSA) is 68.2 Å². The standard InChI is InChI=1S/C11H20N4O/c1-9(2)14-11(16)3-5-15-6-4-13-8-10(15)7-12/h9-10,13H,3-6,8H2,1-2H3,(H,14,16). The molecule has 90 valence electrons. The van der Waals surface area contributed by atoms with Gasteiger partial charge in [-0.15, -0.1) is 0 Å². The fourth-order valence-corrected chi connectivity index (χ4v) is 1.78. The molecule has 1 unspecified atom stereocenters. The van der Waals surface area contributed by atoms with Crippen molar-refractivity contribution in [1.82, 2.24) is 15.5 Å². The number of nitriles is 1. The van der Waals surface area contributed by atoms with Gasteiger partial charge in [0.1, 0.15) is 6.04 Å². The Kier molecular flexibility index (Phi) is 5.23. The van der Waals surface area contributed by atoms with Crippen LogP contribution in [0.5, 0.6) is 0 Å². The zero-order valence-corrected chi connectivity index (χ0v) is 9.99. The van der Waals surface area contributed by atoms with E-state index in [4.69, 9.17) is 5.26 Å². The minimum absolute atomic E-state index is 0.0604. The summed E-state index contributed by atoms with van der Waals surface area (Å²) in [7, 11) is 0. The summed E-state index contributed by atoms with van der Waals surface area (Å²) < 4.78 is 0. The van der Waals surface area contributed by atoms with Crippen LogP contribution in [0.25, 0.3) is 0 Å². The first-order valence-corrected chi connectivity index (χ1v) is 5.77. The molecule has 0 aliphatic carbocycles. The first-order chi connectivity index (χ1) is 7.63. The molecule has 2 N–H and O–H groups in total. The van der Waals surface area contributed by atoms with Gasteiger partial charge in [-0.1, -0.05) is 0 Å². The predicted molar refractivity (Wildman–Crippen MR) is 61.7 cm³/mol. The fraction of sp³-hybridized carbons (Fsp3) is 0.818. The molecule has 0 saturated carbocycles. The number of nitrogens with one attached hydrogen (secondary N) is 2. The average molecular weight is 224 g/mol. The zero-order valence-electron chi connectivity index (χ0n) is 9.99. The third-order valence-corrected chi connectivity index (χ3v) is 2.58. The maximum atomic E-state index is 11.5. The number of hydrogen-bond donors (Lipinski definition) is 2. The van der Waals surface area contributed by atoms with Crippen LogP contribution >= 0.6 is 0 Å². The summed E-state index contributed by atoms with van der Waals surface area (Å²) in [5.74, 6) is 0.0604. The molecule has 1 aliphatic heterocycles. The normalized spacial score (nSPS) is 21.8. The summed E-state index contributed by atoms with van der Waals surface area (Å²) in [5, 5.41) is 15.0. The number of carbonyl (C=O) groups is 1. The molecule has 1 fully saturated rings. The number of nitrogens with zero attached hydrogens (tertiary/aromatic N) is 2. The smallest absolute Gasteiger partial charge is 0.221 e. The van der Waals surface area contributed by atoms with E-state index in [0.29, 0.717) is 19.5 Å². The summed E-state index contributed by atoms with van der Waals surface area (Å²) in [4.78, 5) is 13.5. The molecule has 1 heterocycles. The second kappa shape index (κ2) is 6.46. The minimum Gasteiger partial charge on any atom is -0.354 e. The quantitative estimate of drug-likeness (QED) is 0.688. The molecule has 0 bridgehead atoms. The lowest BCUT2D eigenvalue weighted by atomic mass is 10.2. The van der Waals surface area contributed by atoms with Crippen LogP contribution < -0.4 is 10.6 Å². The molecule has 1 aliphatic rings. The largest absolute Gasteiger partial charge is 0.354 e. The summed E-state index contributed by atoms with van der Waals surface area (Å²) >= 11 is 0. The van der Waals surface area contributed by atoms with Crippen molar-refractivity contribution in [1.29, 1.82) is 5.26 Å². The van der Waals surface area contributed by atoms with E-state index in [2.05, 4.69) is 21.6 Å². The van der Waals surface area contributed by atoms with Gasteiger partial charge in [0, 0.05) is 38.6 Å². The Morgan fingerprint density at radius 3 is 3.06 bits per heavy atom. The van der Waals surface area contributed by atoms with Crippen LogP contribution in [0, 0.1) is 11.3 Å². The van der Waals surface area contributed by atoms with Crippen molar-refractivity contribution < 1.29 is 4.79 Å². The highest BCUT2D eigenvalue weighted by atomic mass is 16.1. The van der Waals surface area contributed by atoms with Crippen molar-refractivity contribution in [2.45, 2.75) is 32.4 Å². The highest BCUT2D eigenvalue weighted by Gasteiger charge is 2.21. The number of rotatable bonds is 4. The predicted octanol–water partition coefficient (Wildman–Crippen LogP) is -0.302. The molecule has 5 heteroatoms. The lowest BCUT2D eigenvalue weighted by molar-refractivity contribution is -0.122. The molecule has 0 aromatic rings. The van der Waals surface area contributed by atoms with Gasteiger partial charge in [0.2, 0.25) is 5.91 Å². The average Bonchev–Trinajstić information content (AvgIpc) is 2.26. The van der Waals surface area contributed by atoms with E-state index in [0.717, 1.165) is 13.1 Å². The third kappa shape index (κ3) is 4.17. The van der Waals surface area contributed by atoms with Crippen molar-refractivity contribution in [2.75, 3.05) is 26.2 Å². The third-order valence-electron chi connectivity index (χ3n) is 2.58. The maximum Gasteiger partial charge on any atom is 0.221 e. The molecule has 0 radical (unpaired) electrons. The first kappa shape index (κ1) is 12.9. The minimum atomic E-state index is -0.0967. The first-order valence-electron chi connectivity index (χ1n) is 5.77.